The summed E-state index contributed by atoms with van der Waals surface area (Å²) < 4.78 is 16.0. The van der Waals surface area contributed by atoms with Gasteiger partial charge in [0.2, 0.25) is 0 Å². The van der Waals surface area contributed by atoms with E-state index in [0.717, 1.165) is 11.5 Å². The van der Waals surface area contributed by atoms with Crippen LogP contribution in [0.3, 0.4) is 0 Å². The van der Waals surface area contributed by atoms with Crippen molar-refractivity contribution in [2.24, 2.45) is 0 Å². The van der Waals surface area contributed by atoms with Crippen molar-refractivity contribution in [3.63, 3.8) is 0 Å². The fourth-order valence-corrected chi connectivity index (χ4v) is 1.98. The highest BCUT2D eigenvalue weighted by Gasteiger charge is 2.16. The first-order valence-corrected chi connectivity index (χ1v) is 5.67. The number of nitrogens with zero attached hydrogens (tertiary/aromatic N) is 1. The SMILES string of the molecule is COC(=O)/C=C/S(=O)c1ccccc1[N+](=O)[O-]. The number of ether oxygens (including phenoxy) is 1. The molecule has 0 aliphatic carbocycles. The third-order valence-electron chi connectivity index (χ3n) is 1.81. The minimum absolute atomic E-state index is 0.0395. The van der Waals surface area contributed by atoms with Crippen LogP contribution in [0.2, 0.25) is 0 Å². The van der Waals surface area contributed by atoms with Gasteiger partial charge in [-0.1, -0.05) is 12.1 Å². The van der Waals surface area contributed by atoms with Crippen LogP contribution in [0.25, 0.3) is 0 Å². The van der Waals surface area contributed by atoms with Gasteiger partial charge in [-0.15, -0.1) is 0 Å². The molecule has 0 saturated carbocycles. The second-order valence-electron chi connectivity index (χ2n) is 2.85. The number of nitro groups is 1. The van der Waals surface area contributed by atoms with Crippen LogP contribution in [0.5, 0.6) is 0 Å². The summed E-state index contributed by atoms with van der Waals surface area (Å²) in [5.41, 5.74) is -0.250. The monoisotopic (exact) mass is 255 g/mol. The Balaban J connectivity index is 3.01. The highest BCUT2D eigenvalue weighted by molar-refractivity contribution is 7.88. The largest absolute Gasteiger partial charge is 0.466 e. The van der Waals surface area contributed by atoms with Gasteiger partial charge in [-0.3, -0.25) is 10.1 Å². The van der Waals surface area contributed by atoms with Gasteiger partial charge in [0, 0.05) is 17.6 Å². The molecule has 0 spiro atoms. The first-order chi connectivity index (χ1) is 8.06. The smallest absolute Gasteiger partial charge is 0.331 e. The number of para-hydroxylation sites is 1. The molecule has 0 fully saturated rings. The van der Waals surface area contributed by atoms with E-state index in [4.69, 9.17) is 0 Å². The number of carbonyl (C=O) groups is 1. The van der Waals surface area contributed by atoms with Crippen molar-refractivity contribution in [3.8, 4) is 0 Å². The van der Waals surface area contributed by atoms with E-state index in [1.165, 1.54) is 31.4 Å². The molecule has 0 amide bonds. The summed E-state index contributed by atoms with van der Waals surface area (Å²) in [5.74, 6) is -0.670. The van der Waals surface area contributed by atoms with Crippen LogP contribution in [0.15, 0.2) is 40.6 Å². The topological polar surface area (TPSA) is 86.5 Å². The minimum atomic E-state index is -1.76. The average molecular weight is 255 g/mol. The lowest BCUT2D eigenvalue weighted by atomic mass is 10.3. The quantitative estimate of drug-likeness (QED) is 0.351. The van der Waals surface area contributed by atoms with Crippen molar-refractivity contribution >= 4 is 22.5 Å². The number of hydrogen-bond donors (Lipinski definition) is 0. The zero-order valence-electron chi connectivity index (χ0n) is 8.86. The van der Waals surface area contributed by atoms with Crippen LogP contribution in [0.1, 0.15) is 0 Å². The third-order valence-corrected chi connectivity index (χ3v) is 2.97. The maximum absolute atomic E-state index is 11.7. The van der Waals surface area contributed by atoms with Crippen molar-refractivity contribution in [3.05, 3.63) is 45.9 Å². The van der Waals surface area contributed by atoms with Crippen molar-refractivity contribution < 1.29 is 18.7 Å². The molecule has 0 aliphatic heterocycles. The Kier molecular flexibility index (Phi) is 4.53. The molecule has 6 nitrogen and oxygen atoms in total. The Morgan fingerprint density at radius 2 is 2.12 bits per heavy atom. The lowest BCUT2D eigenvalue weighted by molar-refractivity contribution is -0.387. The van der Waals surface area contributed by atoms with Gasteiger partial charge in [-0.05, 0) is 6.07 Å². The van der Waals surface area contributed by atoms with Crippen molar-refractivity contribution in [1.82, 2.24) is 0 Å². The standard InChI is InChI=1S/C10H9NO5S/c1-16-10(12)6-7-17(15)9-5-3-2-4-8(9)11(13)14/h2-7H,1H3/b7-6+. The molecular formula is C10H9NO5S. The van der Waals surface area contributed by atoms with Crippen molar-refractivity contribution in [2.45, 2.75) is 4.90 Å². The Bertz CT molecular complexity index is 497. The Morgan fingerprint density at radius 3 is 2.71 bits per heavy atom. The van der Waals surface area contributed by atoms with E-state index in [0.29, 0.717) is 0 Å². The van der Waals surface area contributed by atoms with Crippen LogP contribution in [0, 0.1) is 10.1 Å². The zero-order chi connectivity index (χ0) is 12.8. The predicted octanol–water partition coefficient (Wildman–Crippen LogP) is 1.39. The molecule has 1 unspecified atom stereocenters. The highest BCUT2D eigenvalue weighted by Crippen LogP contribution is 2.21. The van der Waals surface area contributed by atoms with Gasteiger partial charge >= 0.3 is 5.97 Å². The molecule has 1 rings (SSSR count). The van der Waals surface area contributed by atoms with Crippen LogP contribution in [-0.4, -0.2) is 22.2 Å². The fourth-order valence-electron chi connectivity index (χ4n) is 1.04. The number of hydrogen-bond acceptors (Lipinski definition) is 5. The van der Waals surface area contributed by atoms with E-state index >= 15 is 0 Å². The summed E-state index contributed by atoms with van der Waals surface area (Å²) in [4.78, 5) is 20.9. The summed E-state index contributed by atoms with van der Waals surface area (Å²) in [6.07, 6.45) is 0.965. The van der Waals surface area contributed by atoms with Gasteiger partial charge in [0.15, 0.2) is 0 Å². The van der Waals surface area contributed by atoms with Gasteiger partial charge in [0.1, 0.15) is 4.90 Å². The number of nitro benzene ring substituents is 1. The average Bonchev–Trinajstić information content (AvgIpc) is 2.35. The first kappa shape index (κ1) is 13.0. The molecule has 0 aliphatic rings. The Morgan fingerprint density at radius 1 is 1.47 bits per heavy atom. The molecule has 0 N–H and O–H groups in total. The van der Waals surface area contributed by atoms with Crippen LogP contribution < -0.4 is 0 Å². The molecule has 0 radical (unpaired) electrons. The first-order valence-electron chi connectivity index (χ1n) is 4.46. The maximum Gasteiger partial charge on any atom is 0.331 e. The Hall–Kier alpha value is -2.02. The Labute approximate surface area is 99.5 Å². The summed E-state index contributed by atoms with van der Waals surface area (Å²) in [7, 11) is -0.580. The number of rotatable bonds is 4. The number of methoxy groups -OCH3 is 1. The number of esters is 1. The lowest BCUT2D eigenvalue weighted by Gasteiger charge is -1.98. The molecule has 0 saturated heterocycles. The van der Waals surface area contributed by atoms with Gasteiger partial charge in [-0.25, -0.2) is 9.00 Å². The molecule has 0 heterocycles. The van der Waals surface area contributed by atoms with Crippen LogP contribution in [-0.2, 0) is 20.3 Å². The molecule has 1 atom stereocenters. The minimum Gasteiger partial charge on any atom is -0.466 e. The molecule has 1 aromatic carbocycles. The van der Waals surface area contributed by atoms with E-state index in [2.05, 4.69) is 4.74 Å². The van der Waals surface area contributed by atoms with Crippen molar-refractivity contribution in [1.29, 1.82) is 0 Å². The normalized spacial score (nSPS) is 12.3. The molecule has 90 valence electrons. The summed E-state index contributed by atoms with van der Waals surface area (Å²) in [6, 6.07) is 5.63. The second-order valence-corrected chi connectivity index (χ2v) is 4.15. The van der Waals surface area contributed by atoms with Crippen LogP contribution in [0.4, 0.5) is 5.69 Å². The third kappa shape index (κ3) is 3.49. The predicted molar refractivity (Wildman–Crippen MR) is 60.7 cm³/mol. The number of benzene rings is 1. The molecule has 17 heavy (non-hydrogen) atoms. The molecule has 7 heteroatoms. The van der Waals surface area contributed by atoms with Gasteiger partial charge < -0.3 is 4.74 Å². The summed E-state index contributed by atoms with van der Waals surface area (Å²) in [6.45, 7) is 0. The second kappa shape index (κ2) is 5.90. The van der Waals surface area contributed by atoms with E-state index in [1.54, 1.807) is 0 Å². The van der Waals surface area contributed by atoms with E-state index < -0.39 is 21.7 Å². The zero-order valence-corrected chi connectivity index (χ0v) is 9.68. The lowest BCUT2D eigenvalue weighted by Crippen LogP contribution is -1.98. The summed E-state index contributed by atoms with van der Waals surface area (Å²) in [5, 5.41) is 11.7. The molecule has 0 bridgehead atoms. The molecule has 0 aromatic heterocycles. The maximum atomic E-state index is 11.7. The fraction of sp³-hybridized carbons (Fsp3) is 0.100. The van der Waals surface area contributed by atoms with Crippen molar-refractivity contribution in [2.75, 3.05) is 7.11 Å². The number of carbonyl (C=O) groups excluding carboxylic acids is 1. The van der Waals surface area contributed by atoms with E-state index in [1.807, 2.05) is 0 Å². The molecular weight excluding hydrogens is 246 g/mol. The van der Waals surface area contributed by atoms with Crippen LogP contribution >= 0.6 is 0 Å². The molecule has 1 aromatic rings. The summed E-state index contributed by atoms with van der Waals surface area (Å²) >= 11 is 0. The van der Waals surface area contributed by atoms with Gasteiger partial charge in [0.25, 0.3) is 5.69 Å². The van der Waals surface area contributed by atoms with E-state index in [-0.39, 0.29) is 10.6 Å². The van der Waals surface area contributed by atoms with E-state index in [9.17, 15) is 19.1 Å². The van der Waals surface area contributed by atoms with Gasteiger partial charge in [-0.2, -0.15) is 0 Å². The van der Waals surface area contributed by atoms with Gasteiger partial charge in [0.05, 0.1) is 22.8 Å². The highest BCUT2D eigenvalue weighted by atomic mass is 32.2.